The molecule has 25 heavy (non-hydrogen) atoms. The number of halogens is 1. The Hall–Kier alpha value is -1.79. The van der Waals surface area contributed by atoms with E-state index in [1.54, 1.807) is 24.3 Å². The summed E-state index contributed by atoms with van der Waals surface area (Å²) in [5, 5.41) is 3.51. The second-order valence-corrected chi connectivity index (χ2v) is 6.56. The predicted molar refractivity (Wildman–Crippen MR) is 94.9 cm³/mol. The zero-order chi connectivity index (χ0) is 18.1. The van der Waals surface area contributed by atoms with Gasteiger partial charge in [-0.3, -0.25) is 9.59 Å². The summed E-state index contributed by atoms with van der Waals surface area (Å²) in [7, 11) is 0. The van der Waals surface area contributed by atoms with Gasteiger partial charge in [0.05, 0.1) is 26.2 Å². The van der Waals surface area contributed by atoms with Gasteiger partial charge in [0.15, 0.2) is 6.54 Å². The first-order valence-electron chi connectivity index (χ1n) is 8.73. The van der Waals surface area contributed by atoms with Crippen LogP contribution < -0.4 is 15.0 Å². The normalized spacial score (nSPS) is 19.9. The van der Waals surface area contributed by atoms with E-state index in [0.29, 0.717) is 37.9 Å². The maximum absolute atomic E-state index is 12.0. The Labute approximate surface area is 153 Å². The van der Waals surface area contributed by atoms with Gasteiger partial charge < -0.3 is 19.7 Å². The summed E-state index contributed by atoms with van der Waals surface area (Å²) in [6, 6.07) is 7.10. The number of carbonyl (C=O) groups excluding carboxylic acids is 2. The molecule has 2 N–H and O–H groups in total. The van der Waals surface area contributed by atoms with E-state index < -0.39 is 0 Å². The second-order valence-electron chi connectivity index (χ2n) is 6.12. The number of ether oxygens (including phenoxy) is 2. The van der Waals surface area contributed by atoms with Crippen LogP contribution in [0.2, 0.25) is 5.02 Å². The molecule has 1 aliphatic rings. The molecule has 1 aliphatic heterocycles. The number of hydrogen-bond acceptors (Lipinski definition) is 4. The number of hydrogen-bond donors (Lipinski definition) is 2. The summed E-state index contributed by atoms with van der Waals surface area (Å²) < 4.78 is 10.6. The van der Waals surface area contributed by atoms with Crippen molar-refractivity contribution in [3.8, 4) is 5.75 Å². The molecule has 7 heteroatoms. The van der Waals surface area contributed by atoms with Gasteiger partial charge >= 0.3 is 5.97 Å². The monoisotopic (exact) mass is 369 g/mol. The molecular weight excluding hydrogens is 344 g/mol. The lowest BCUT2D eigenvalue weighted by Crippen LogP contribution is -3.14. The van der Waals surface area contributed by atoms with Crippen LogP contribution in [0, 0.1) is 5.92 Å². The Balaban J connectivity index is 1.64. The van der Waals surface area contributed by atoms with Crippen molar-refractivity contribution in [1.82, 2.24) is 5.32 Å². The molecule has 0 saturated carbocycles. The van der Waals surface area contributed by atoms with Gasteiger partial charge in [-0.25, -0.2) is 0 Å². The topological polar surface area (TPSA) is 69.1 Å². The maximum atomic E-state index is 12.0. The maximum Gasteiger partial charge on any atom is 0.314 e. The molecule has 0 aliphatic carbocycles. The molecule has 2 atom stereocenters. The fourth-order valence-electron chi connectivity index (χ4n) is 2.95. The van der Waals surface area contributed by atoms with Crippen LogP contribution in [0.4, 0.5) is 0 Å². The SMILES string of the molecule is CCOC(=O)[C@@H]1CCC[NH+](CC(=O)NCCOc2ccc(Cl)cc2)C1. The molecule has 2 rings (SSSR count). The van der Waals surface area contributed by atoms with Gasteiger partial charge in [-0.1, -0.05) is 11.6 Å². The van der Waals surface area contributed by atoms with Gasteiger partial charge in [-0.2, -0.15) is 0 Å². The van der Waals surface area contributed by atoms with Crippen LogP contribution in [0.1, 0.15) is 19.8 Å². The van der Waals surface area contributed by atoms with Crippen molar-refractivity contribution in [3.05, 3.63) is 29.3 Å². The lowest BCUT2D eigenvalue weighted by Gasteiger charge is -2.28. The van der Waals surface area contributed by atoms with Gasteiger partial charge in [0.1, 0.15) is 18.3 Å². The number of esters is 1. The van der Waals surface area contributed by atoms with E-state index in [-0.39, 0.29) is 17.8 Å². The average molecular weight is 370 g/mol. The van der Waals surface area contributed by atoms with E-state index in [4.69, 9.17) is 21.1 Å². The molecule has 0 aromatic heterocycles. The predicted octanol–water partition coefficient (Wildman–Crippen LogP) is 0.693. The van der Waals surface area contributed by atoms with Crippen molar-refractivity contribution in [2.75, 3.05) is 39.4 Å². The molecule has 1 fully saturated rings. The fraction of sp³-hybridized carbons (Fsp3) is 0.556. The summed E-state index contributed by atoms with van der Waals surface area (Å²) in [4.78, 5) is 25.0. The van der Waals surface area contributed by atoms with E-state index in [1.165, 1.54) is 0 Å². The minimum absolute atomic E-state index is 0.0285. The Morgan fingerprint density at radius 1 is 1.32 bits per heavy atom. The molecule has 1 saturated heterocycles. The highest BCUT2D eigenvalue weighted by Gasteiger charge is 2.30. The van der Waals surface area contributed by atoms with Crippen molar-refractivity contribution in [3.63, 3.8) is 0 Å². The lowest BCUT2D eigenvalue weighted by molar-refractivity contribution is -0.899. The van der Waals surface area contributed by atoms with Crippen LogP contribution in [-0.2, 0) is 14.3 Å². The Morgan fingerprint density at radius 3 is 2.80 bits per heavy atom. The van der Waals surface area contributed by atoms with E-state index in [2.05, 4.69) is 5.32 Å². The molecule has 1 unspecified atom stereocenters. The highest BCUT2D eigenvalue weighted by molar-refractivity contribution is 6.30. The number of piperidine rings is 1. The van der Waals surface area contributed by atoms with Gasteiger partial charge in [-0.15, -0.1) is 0 Å². The first kappa shape index (κ1) is 19.5. The molecule has 1 aromatic carbocycles. The van der Waals surface area contributed by atoms with Crippen LogP contribution in [0.25, 0.3) is 0 Å². The molecule has 0 spiro atoms. The number of carbonyl (C=O) groups is 2. The zero-order valence-corrected chi connectivity index (χ0v) is 15.3. The molecule has 0 radical (unpaired) electrons. The number of quaternary nitrogens is 1. The van der Waals surface area contributed by atoms with Crippen molar-refractivity contribution >= 4 is 23.5 Å². The summed E-state index contributed by atoms with van der Waals surface area (Å²) in [5.74, 6) is 0.456. The number of amides is 1. The van der Waals surface area contributed by atoms with E-state index in [9.17, 15) is 9.59 Å². The fourth-order valence-corrected chi connectivity index (χ4v) is 3.08. The summed E-state index contributed by atoms with van der Waals surface area (Å²) in [5.41, 5.74) is 0. The third-order valence-corrected chi connectivity index (χ3v) is 4.41. The van der Waals surface area contributed by atoms with Crippen LogP contribution in [0.15, 0.2) is 24.3 Å². The minimum Gasteiger partial charge on any atom is -0.492 e. The summed E-state index contributed by atoms with van der Waals surface area (Å²) >= 11 is 5.81. The first-order valence-corrected chi connectivity index (χ1v) is 9.11. The molecule has 138 valence electrons. The average Bonchev–Trinajstić information content (AvgIpc) is 2.61. The molecular formula is C18H26ClN2O4+. The highest BCUT2D eigenvalue weighted by atomic mass is 35.5. The van der Waals surface area contributed by atoms with Crippen LogP contribution in [-0.4, -0.2) is 51.3 Å². The largest absolute Gasteiger partial charge is 0.492 e. The Bertz CT molecular complexity index is 565. The quantitative estimate of drug-likeness (QED) is 0.522. The van der Waals surface area contributed by atoms with Crippen LogP contribution in [0.3, 0.4) is 0 Å². The van der Waals surface area contributed by atoms with Gasteiger partial charge in [0.2, 0.25) is 0 Å². The van der Waals surface area contributed by atoms with Crippen molar-refractivity contribution in [2.45, 2.75) is 19.8 Å². The van der Waals surface area contributed by atoms with Crippen molar-refractivity contribution < 1.29 is 24.0 Å². The van der Waals surface area contributed by atoms with E-state index >= 15 is 0 Å². The lowest BCUT2D eigenvalue weighted by atomic mass is 9.98. The number of rotatable bonds is 8. The van der Waals surface area contributed by atoms with E-state index in [1.807, 2.05) is 6.92 Å². The number of benzene rings is 1. The second kappa shape index (κ2) is 10.3. The van der Waals surface area contributed by atoms with E-state index in [0.717, 1.165) is 30.0 Å². The van der Waals surface area contributed by atoms with Gasteiger partial charge in [0.25, 0.3) is 5.91 Å². The molecule has 1 aromatic rings. The third-order valence-electron chi connectivity index (χ3n) is 4.16. The third kappa shape index (κ3) is 6.92. The van der Waals surface area contributed by atoms with Gasteiger partial charge in [0, 0.05) is 5.02 Å². The molecule has 6 nitrogen and oxygen atoms in total. The summed E-state index contributed by atoms with van der Waals surface area (Å²) in [6.07, 6.45) is 1.78. The highest BCUT2D eigenvalue weighted by Crippen LogP contribution is 2.15. The van der Waals surface area contributed by atoms with Crippen LogP contribution in [0.5, 0.6) is 5.75 Å². The minimum atomic E-state index is -0.142. The van der Waals surface area contributed by atoms with Crippen molar-refractivity contribution in [2.24, 2.45) is 5.92 Å². The zero-order valence-electron chi connectivity index (χ0n) is 14.6. The van der Waals surface area contributed by atoms with Crippen LogP contribution >= 0.6 is 11.6 Å². The number of nitrogens with one attached hydrogen (secondary N) is 2. The smallest absolute Gasteiger partial charge is 0.314 e. The first-order chi connectivity index (χ1) is 12.1. The van der Waals surface area contributed by atoms with Crippen molar-refractivity contribution in [1.29, 1.82) is 0 Å². The Morgan fingerprint density at radius 2 is 2.08 bits per heavy atom. The van der Waals surface area contributed by atoms with Gasteiger partial charge in [-0.05, 0) is 44.0 Å². The molecule has 1 heterocycles. The standard InChI is InChI=1S/C18H25ClN2O4/c1-2-24-18(23)14-4-3-10-21(12-14)13-17(22)20-9-11-25-16-7-5-15(19)6-8-16/h5-8,14H,2-4,9-13H2,1H3,(H,20,22)/p+1/t14-/m1/s1. The number of likely N-dealkylation sites (tertiary alicyclic amines) is 1. The molecule has 0 bridgehead atoms. The summed E-state index contributed by atoms with van der Waals surface area (Å²) in [6.45, 7) is 4.99. The molecule has 1 amide bonds. The Kier molecular flexibility index (Phi) is 8.01.